The minimum atomic E-state index is -2.89. The molecule has 0 aliphatic rings. The molecule has 4 nitrogen and oxygen atoms in total. The third kappa shape index (κ3) is 4.17. The first kappa shape index (κ1) is 15.4. The van der Waals surface area contributed by atoms with Crippen LogP contribution >= 0.6 is 0 Å². The molecule has 0 fully saturated rings. The van der Waals surface area contributed by atoms with Crippen molar-refractivity contribution in [2.24, 2.45) is 0 Å². The first-order valence-electron chi connectivity index (χ1n) is 6.01. The predicted octanol–water partition coefficient (Wildman–Crippen LogP) is 2.76. The Morgan fingerprint density at radius 3 is 2.16 bits per heavy atom. The Labute approximate surface area is 110 Å². The molecule has 106 valence electrons. The van der Waals surface area contributed by atoms with Gasteiger partial charge in [0.2, 0.25) is 0 Å². The van der Waals surface area contributed by atoms with Crippen LogP contribution in [0.5, 0.6) is 5.75 Å². The Balaban J connectivity index is 2.94. The number of rotatable bonds is 7. The summed E-state index contributed by atoms with van der Waals surface area (Å²) < 4.78 is 28.3. The first-order chi connectivity index (χ1) is 8.99. The highest BCUT2D eigenvalue weighted by molar-refractivity contribution is 5.75. The van der Waals surface area contributed by atoms with E-state index >= 15 is 0 Å². The monoisotopic (exact) mass is 273 g/mol. The van der Waals surface area contributed by atoms with Gasteiger partial charge in [-0.1, -0.05) is 26.0 Å². The van der Waals surface area contributed by atoms with E-state index in [9.17, 15) is 18.7 Å². The van der Waals surface area contributed by atoms with E-state index in [-0.39, 0.29) is 5.75 Å². The summed E-state index contributed by atoms with van der Waals surface area (Å²) in [5, 5.41) is 9.28. The van der Waals surface area contributed by atoms with E-state index in [1.54, 1.807) is 4.90 Å². The minimum Gasteiger partial charge on any atom is -0.480 e. The average molecular weight is 273 g/mol. The second-order valence-corrected chi connectivity index (χ2v) is 3.91. The molecule has 6 heteroatoms. The van der Waals surface area contributed by atoms with E-state index in [1.165, 1.54) is 24.3 Å². The molecule has 0 aliphatic heterocycles. The van der Waals surface area contributed by atoms with Crippen LogP contribution in [0.25, 0.3) is 0 Å². The van der Waals surface area contributed by atoms with Crippen LogP contribution in [-0.2, 0) is 4.79 Å². The van der Waals surface area contributed by atoms with Crippen molar-refractivity contribution in [1.29, 1.82) is 0 Å². The number of halogens is 2. The van der Waals surface area contributed by atoms with Gasteiger partial charge in [0.05, 0.1) is 0 Å². The van der Waals surface area contributed by atoms with Gasteiger partial charge < -0.3 is 9.84 Å². The van der Waals surface area contributed by atoms with E-state index < -0.39 is 18.6 Å². The Morgan fingerprint density at radius 1 is 1.26 bits per heavy atom. The number of likely N-dealkylation sites (N-methyl/N-ethyl adjacent to an activating group) is 1. The van der Waals surface area contributed by atoms with Crippen molar-refractivity contribution >= 4 is 5.97 Å². The molecule has 1 N–H and O–H groups in total. The normalized spacial score (nSPS) is 12.7. The lowest BCUT2D eigenvalue weighted by molar-refractivity contribution is -0.143. The van der Waals surface area contributed by atoms with Gasteiger partial charge in [-0.2, -0.15) is 8.78 Å². The summed E-state index contributed by atoms with van der Waals surface area (Å²) in [6, 6.07) is 4.90. The van der Waals surface area contributed by atoms with E-state index in [2.05, 4.69) is 4.74 Å². The van der Waals surface area contributed by atoms with E-state index in [1.807, 2.05) is 13.8 Å². The first-order valence-corrected chi connectivity index (χ1v) is 6.01. The standard InChI is InChI=1S/C13H17F2NO3/c1-3-16(4-2)11(12(17)18)9-5-7-10(8-6-9)19-13(14)15/h5-8,11,13H,3-4H2,1-2H3,(H,17,18). The Bertz CT molecular complexity index is 405. The summed E-state index contributed by atoms with van der Waals surface area (Å²) in [4.78, 5) is 13.1. The molecular weight excluding hydrogens is 256 g/mol. The van der Waals surface area contributed by atoms with Gasteiger partial charge in [-0.15, -0.1) is 0 Å². The van der Waals surface area contributed by atoms with Gasteiger partial charge >= 0.3 is 12.6 Å². The molecular formula is C13H17F2NO3. The Morgan fingerprint density at radius 2 is 1.79 bits per heavy atom. The molecule has 0 radical (unpaired) electrons. The van der Waals surface area contributed by atoms with Crippen LogP contribution < -0.4 is 4.74 Å². The van der Waals surface area contributed by atoms with Crippen molar-refractivity contribution in [3.05, 3.63) is 29.8 Å². The molecule has 1 aromatic carbocycles. The third-order valence-electron chi connectivity index (χ3n) is 2.83. The molecule has 0 spiro atoms. The van der Waals surface area contributed by atoms with Gasteiger partial charge in [0, 0.05) is 0 Å². The van der Waals surface area contributed by atoms with E-state index in [0.717, 1.165) is 0 Å². The van der Waals surface area contributed by atoms with Crippen molar-refractivity contribution in [2.75, 3.05) is 13.1 Å². The molecule has 1 aromatic rings. The molecule has 0 aromatic heterocycles. The number of hydrogen-bond acceptors (Lipinski definition) is 3. The zero-order valence-corrected chi connectivity index (χ0v) is 10.8. The molecule has 0 heterocycles. The van der Waals surface area contributed by atoms with Gasteiger partial charge in [0.25, 0.3) is 0 Å². The second-order valence-electron chi connectivity index (χ2n) is 3.91. The maximum absolute atomic E-state index is 12.0. The summed E-state index contributed by atoms with van der Waals surface area (Å²) in [6.07, 6.45) is 0. The highest BCUT2D eigenvalue weighted by Gasteiger charge is 2.25. The predicted molar refractivity (Wildman–Crippen MR) is 66.4 cm³/mol. The van der Waals surface area contributed by atoms with Crippen molar-refractivity contribution < 1.29 is 23.4 Å². The SMILES string of the molecule is CCN(CC)C(C(=O)O)c1ccc(OC(F)F)cc1. The van der Waals surface area contributed by atoms with Gasteiger partial charge in [0.1, 0.15) is 11.8 Å². The molecule has 0 bridgehead atoms. The number of carboxylic acid groups (broad SMARTS) is 1. The van der Waals surface area contributed by atoms with Gasteiger partial charge in [-0.3, -0.25) is 9.69 Å². The summed E-state index contributed by atoms with van der Waals surface area (Å²) in [5.41, 5.74) is 0.540. The van der Waals surface area contributed by atoms with Crippen molar-refractivity contribution in [1.82, 2.24) is 4.90 Å². The fourth-order valence-corrected chi connectivity index (χ4v) is 1.93. The van der Waals surface area contributed by atoms with Crippen LogP contribution in [0.2, 0.25) is 0 Å². The van der Waals surface area contributed by atoms with Gasteiger partial charge in [-0.25, -0.2) is 0 Å². The lowest BCUT2D eigenvalue weighted by Gasteiger charge is -2.26. The zero-order valence-electron chi connectivity index (χ0n) is 10.8. The van der Waals surface area contributed by atoms with Crippen LogP contribution in [0, 0.1) is 0 Å². The second kappa shape index (κ2) is 7.04. The zero-order chi connectivity index (χ0) is 14.4. The van der Waals surface area contributed by atoms with E-state index in [4.69, 9.17) is 0 Å². The summed E-state index contributed by atoms with van der Waals surface area (Å²) >= 11 is 0. The van der Waals surface area contributed by atoms with Crippen LogP contribution in [0.15, 0.2) is 24.3 Å². The molecule has 0 saturated heterocycles. The maximum Gasteiger partial charge on any atom is 0.387 e. The lowest BCUT2D eigenvalue weighted by atomic mass is 10.1. The lowest BCUT2D eigenvalue weighted by Crippen LogP contribution is -2.33. The van der Waals surface area contributed by atoms with E-state index in [0.29, 0.717) is 18.7 Å². The van der Waals surface area contributed by atoms with Crippen LogP contribution in [0.3, 0.4) is 0 Å². The number of hydrogen-bond donors (Lipinski definition) is 1. The summed E-state index contributed by atoms with van der Waals surface area (Å²) in [5.74, 6) is -0.950. The molecule has 0 saturated carbocycles. The fourth-order valence-electron chi connectivity index (χ4n) is 1.93. The van der Waals surface area contributed by atoms with Crippen molar-refractivity contribution in [3.8, 4) is 5.75 Å². The van der Waals surface area contributed by atoms with Crippen LogP contribution in [0.4, 0.5) is 8.78 Å². The third-order valence-corrected chi connectivity index (χ3v) is 2.83. The quantitative estimate of drug-likeness (QED) is 0.830. The molecule has 1 atom stereocenters. The largest absolute Gasteiger partial charge is 0.480 e. The van der Waals surface area contributed by atoms with Gasteiger partial charge in [-0.05, 0) is 30.8 Å². The number of benzene rings is 1. The fraction of sp³-hybridized carbons (Fsp3) is 0.462. The minimum absolute atomic E-state index is 0.0161. The van der Waals surface area contributed by atoms with Crippen molar-refractivity contribution in [2.45, 2.75) is 26.5 Å². The topological polar surface area (TPSA) is 49.8 Å². The van der Waals surface area contributed by atoms with Crippen LogP contribution in [-0.4, -0.2) is 35.7 Å². The Hall–Kier alpha value is -1.69. The Kier molecular flexibility index (Phi) is 5.69. The number of carboxylic acids is 1. The summed E-state index contributed by atoms with van der Waals surface area (Å²) in [7, 11) is 0. The molecule has 19 heavy (non-hydrogen) atoms. The molecule has 0 aliphatic carbocycles. The number of aliphatic carboxylic acids is 1. The number of ether oxygens (including phenoxy) is 1. The molecule has 1 rings (SSSR count). The summed E-state index contributed by atoms with van der Waals surface area (Å²) in [6.45, 7) is 2.02. The number of nitrogens with zero attached hydrogens (tertiary/aromatic N) is 1. The molecule has 1 unspecified atom stereocenters. The van der Waals surface area contributed by atoms with Crippen molar-refractivity contribution in [3.63, 3.8) is 0 Å². The van der Waals surface area contributed by atoms with Gasteiger partial charge in [0.15, 0.2) is 0 Å². The maximum atomic E-state index is 12.0. The smallest absolute Gasteiger partial charge is 0.387 e. The highest BCUT2D eigenvalue weighted by atomic mass is 19.3. The number of alkyl halides is 2. The van der Waals surface area contributed by atoms with Crippen LogP contribution in [0.1, 0.15) is 25.5 Å². The highest BCUT2D eigenvalue weighted by Crippen LogP contribution is 2.24. The number of carbonyl (C=O) groups is 1. The average Bonchev–Trinajstić information content (AvgIpc) is 2.36. The molecule has 0 amide bonds.